The van der Waals surface area contributed by atoms with E-state index in [4.69, 9.17) is 14.2 Å². The fourth-order valence-electron chi connectivity index (χ4n) is 3.94. The molecule has 3 aromatic carbocycles. The van der Waals surface area contributed by atoms with Crippen molar-refractivity contribution in [2.75, 3.05) is 27.4 Å². The molecule has 6 nitrogen and oxygen atoms in total. The van der Waals surface area contributed by atoms with Gasteiger partial charge in [-0.25, -0.2) is 0 Å². The van der Waals surface area contributed by atoms with Crippen LogP contribution in [0.4, 0.5) is 0 Å². The molecule has 0 saturated carbocycles. The highest BCUT2D eigenvalue weighted by Crippen LogP contribution is 2.35. The number of hydrogen-bond donors (Lipinski definition) is 3. The predicted molar refractivity (Wildman–Crippen MR) is 135 cm³/mol. The molecule has 0 heterocycles. The Balaban J connectivity index is 1.81. The van der Waals surface area contributed by atoms with Crippen LogP contribution in [0.15, 0.2) is 60.7 Å². The number of benzene rings is 3. The molecule has 0 aliphatic rings. The van der Waals surface area contributed by atoms with Crippen LogP contribution in [0, 0.1) is 6.92 Å². The van der Waals surface area contributed by atoms with Crippen LogP contribution >= 0.6 is 0 Å². The van der Waals surface area contributed by atoms with Crippen LogP contribution < -0.4 is 19.5 Å². The molecule has 3 rings (SSSR count). The molecule has 0 saturated heterocycles. The van der Waals surface area contributed by atoms with Gasteiger partial charge in [0, 0.05) is 18.7 Å². The van der Waals surface area contributed by atoms with E-state index in [0.717, 1.165) is 11.1 Å². The molecule has 0 atom stereocenters. The summed E-state index contributed by atoms with van der Waals surface area (Å²) in [4.78, 5) is 0. The average molecular weight is 466 g/mol. The van der Waals surface area contributed by atoms with Crippen molar-refractivity contribution in [1.82, 2.24) is 5.32 Å². The fraction of sp³-hybridized carbons (Fsp3) is 0.357. The molecule has 0 radical (unpaired) electrons. The van der Waals surface area contributed by atoms with Crippen molar-refractivity contribution < 1.29 is 24.4 Å². The van der Waals surface area contributed by atoms with Gasteiger partial charge < -0.3 is 29.7 Å². The highest BCUT2D eigenvalue weighted by molar-refractivity contribution is 5.68. The van der Waals surface area contributed by atoms with E-state index in [1.54, 1.807) is 14.2 Å². The summed E-state index contributed by atoms with van der Waals surface area (Å²) in [5.41, 5.74) is 4.66. The maximum Gasteiger partial charge on any atom is 0.130 e. The Morgan fingerprint density at radius 1 is 0.882 bits per heavy atom. The Hall–Kier alpha value is -3.06. The molecule has 0 aliphatic carbocycles. The molecule has 34 heavy (non-hydrogen) atoms. The number of hydrogen-bond acceptors (Lipinski definition) is 6. The first kappa shape index (κ1) is 25.6. The number of aliphatic hydroxyl groups excluding tert-OH is 2. The van der Waals surface area contributed by atoms with Gasteiger partial charge in [-0.1, -0.05) is 55.5 Å². The zero-order chi connectivity index (χ0) is 24.6. The quantitative estimate of drug-likeness (QED) is 0.366. The monoisotopic (exact) mass is 465 g/mol. The molecule has 3 aromatic rings. The van der Waals surface area contributed by atoms with Crippen molar-refractivity contribution in [2.45, 2.75) is 39.0 Å². The van der Waals surface area contributed by atoms with Gasteiger partial charge in [-0.05, 0) is 35.6 Å². The van der Waals surface area contributed by atoms with E-state index >= 15 is 0 Å². The Kier molecular flexibility index (Phi) is 8.93. The second-order valence-electron chi connectivity index (χ2n) is 8.35. The maximum atomic E-state index is 9.74. The summed E-state index contributed by atoms with van der Waals surface area (Å²) in [5, 5.41) is 22.7. The number of rotatable bonds is 12. The van der Waals surface area contributed by atoms with Gasteiger partial charge in [0.05, 0.1) is 38.5 Å². The smallest absolute Gasteiger partial charge is 0.130 e. The third kappa shape index (κ3) is 5.70. The van der Waals surface area contributed by atoms with Crippen molar-refractivity contribution >= 4 is 0 Å². The third-order valence-corrected chi connectivity index (χ3v) is 6.43. The van der Waals surface area contributed by atoms with Crippen molar-refractivity contribution in [3.8, 4) is 28.4 Å². The maximum absolute atomic E-state index is 9.74. The topological polar surface area (TPSA) is 80.2 Å². The van der Waals surface area contributed by atoms with E-state index in [1.165, 1.54) is 16.7 Å². The molecule has 0 amide bonds. The highest BCUT2D eigenvalue weighted by atomic mass is 16.5. The summed E-state index contributed by atoms with van der Waals surface area (Å²) >= 11 is 0. The van der Waals surface area contributed by atoms with Crippen LogP contribution in [0.25, 0.3) is 11.1 Å². The van der Waals surface area contributed by atoms with Gasteiger partial charge in [0.1, 0.15) is 23.9 Å². The van der Waals surface area contributed by atoms with E-state index < -0.39 is 5.54 Å². The first-order valence-corrected chi connectivity index (χ1v) is 11.5. The number of aliphatic hydroxyl groups is 2. The molecule has 0 unspecified atom stereocenters. The van der Waals surface area contributed by atoms with Gasteiger partial charge in [-0.3, -0.25) is 0 Å². The molecule has 0 bridgehead atoms. The van der Waals surface area contributed by atoms with E-state index in [1.807, 2.05) is 43.3 Å². The van der Waals surface area contributed by atoms with Crippen LogP contribution in [-0.2, 0) is 13.2 Å². The van der Waals surface area contributed by atoms with Gasteiger partial charge in [-0.15, -0.1) is 0 Å². The standard InChI is InChI=1S/C28H35NO5/c1-5-28(18-30,19-31)29-16-25-26(32-3)14-23(15-27(25)33-4)34-17-22-12-9-13-24(20(22)2)21-10-7-6-8-11-21/h6-15,29-31H,5,16-19H2,1-4H3. The lowest BCUT2D eigenvalue weighted by Gasteiger charge is -2.30. The Labute approximate surface area is 202 Å². The van der Waals surface area contributed by atoms with Crippen molar-refractivity contribution in [3.63, 3.8) is 0 Å². The molecular formula is C28H35NO5. The first-order valence-electron chi connectivity index (χ1n) is 11.5. The minimum absolute atomic E-state index is 0.173. The summed E-state index contributed by atoms with van der Waals surface area (Å²) in [6.45, 7) is 4.45. The molecule has 0 spiro atoms. The Morgan fingerprint density at radius 3 is 2.09 bits per heavy atom. The SMILES string of the molecule is CCC(CO)(CO)NCc1c(OC)cc(OCc2cccc(-c3ccccc3)c2C)cc1OC. The molecule has 3 N–H and O–H groups in total. The fourth-order valence-corrected chi connectivity index (χ4v) is 3.94. The summed E-state index contributed by atoms with van der Waals surface area (Å²) in [6.07, 6.45) is 0.577. The van der Waals surface area contributed by atoms with E-state index in [9.17, 15) is 10.2 Å². The lowest BCUT2D eigenvalue weighted by molar-refractivity contribution is 0.0860. The zero-order valence-corrected chi connectivity index (χ0v) is 20.4. The van der Waals surface area contributed by atoms with E-state index in [2.05, 4.69) is 36.5 Å². The number of methoxy groups -OCH3 is 2. The zero-order valence-electron chi connectivity index (χ0n) is 20.4. The van der Waals surface area contributed by atoms with Crippen LogP contribution in [0.5, 0.6) is 17.2 Å². The van der Waals surface area contributed by atoms with Gasteiger partial charge in [0.15, 0.2) is 0 Å². The normalized spacial score (nSPS) is 11.4. The minimum atomic E-state index is -0.771. The number of ether oxygens (including phenoxy) is 3. The van der Waals surface area contributed by atoms with Crippen molar-refractivity contribution in [3.05, 3.63) is 77.4 Å². The van der Waals surface area contributed by atoms with Crippen LogP contribution in [0.3, 0.4) is 0 Å². The molecule has 0 aromatic heterocycles. The molecule has 0 fully saturated rings. The molecule has 182 valence electrons. The van der Waals surface area contributed by atoms with Gasteiger partial charge in [-0.2, -0.15) is 0 Å². The van der Waals surface area contributed by atoms with Crippen LogP contribution in [0.2, 0.25) is 0 Å². The average Bonchev–Trinajstić information content (AvgIpc) is 2.89. The molecular weight excluding hydrogens is 430 g/mol. The van der Waals surface area contributed by atoms with Gasteiger partial charge in [0.25, 0.3) is 0 Å². The largest absolute Gasteiger partial charge is 0.496 e. The van der Waals surface area contributed by atoms with Crippen molar-refractivity contribution in [2.24, 2.45) is 0 Å². The second kappa shape index (κ2) is 11.9. The first-order chi connectivity index (χ1) is 16.5. The van der Waals surface area contributed by atoms with E-state index in [0.29, 0.717) is 36.8 Å². The van der Waals surface area contributed by atoms with Gasteiger partial charge >= 0.3 is 0 Å². The summed E-state index contributed by atoms with van der Waals surface area (Å²) < 4.78 is 17.4. The van der Waals surface area contributed by atoms with E-state index in [-0.39, 0.29) is 13.2 Å². The van der Waals surface area contributed by atoms with Gasteiger partial charge in [0.2, 0.25) is 0 Å². The Bertz CT molecular complexity index is 1030. The third-order valence-electron chi connectivity index (χ3n) is 6.43. The molecule has 6 heteroatoms. The van der Waals surface area contributed by atoms with Crippen LogP contribution in [-0.4, -0.2) is 43.2 Å². The summed E-state index contributed by atoms with van der Waals surface area (Å²) in [5.74, 6) is 1.85. The number of nitrogens with one attached hydrogen (secondary N) is 1. The van der Waals surface area contributed by atoms with Crippen molar-refractivity contribution in [1.29, 1.82) is 0 Å². The van der Waals surface area contributed by atoms with Crippen LogP contribution in [0.1, 0.15) is 30.0 Å². The lowest BCUT2D eigenvalue weighted by atomic mass is 9.97. The minimum Gasteiger partial charge on any atom is -0.496 e. The molecule has 0 aliphatic heterocycles. The Morgan fingerprint density at radius 2 is 1.53 bits per heavy atom. The summed E-state index contributed by atoms with van der Waals surface area (Å²) in [6, 6.07) is 20.2. The summed E-state index contributed by atoms with van der Waals surface area (Å²) in [7, 11) is 3.20. The lowest BCUT2D eigenvalue weighted by Crippen LogP contribution is -2.50. The second-order valence-corrected chi connectivity index (χ2v) is 8.35. The highest BCUT2D eigenvalue weighted by Gasteiger charge is 2.27. The predicted octanol–water partition coefficient (Wildman–Crippen LogP) is 4.48.